The number of aromatic hydroxyl groups is 1. The Morgan fingerprint density at radius 3 is 2.88 bits per heavy atom. The van der Waals surface area contributed by atoms with Crippen molar-refractivity contribution in [2.45, 2.75) is 19.5 Å². The Balaban J connectivity index is 1.49. The molecule has 1 aliphatic rings. The molecule has 0 aliphatic carbocycles. The Labute approximate surface area is 193 Å². The van der Waals surface area contributed by atoms with Gasteiger partial charge >= 0.3 is 0 Å². The second-order valence-corrected chi connectivity index (χ2v) is 8.41. The fourth-order valence-electron chi connectivity index (χ4n) is 3.89. The molecule has 162 valence electrons. The van der Waals surface area contributed by atoms with E-state index in [1.807, 2.05) is 6.07 Å². The fraction of sp³-hybridized carbons (Fsp3) is 0.182. The van der Waals surface area contributed by atoms with Crippen molar-refractivity contribution in [1.82, 2.24) is 25.5 Å². The number of benzene rings is 1. The van der Waals surface area contributed by atoms with Crippen LogP contribution >= 0.6 is 23.2 Å². The lowest BCUT2D eigenvalue weighted by atomic mass is 10.1. The van der Waals surface area contributed by atoms with Crippen LogP contribution in [0.15, 0.2) is 42.7 Å². The van der Waals surface area contributed by atoms with Gasteiger partial charge in [-0.3, -0.25) is 14.9 Å². The van der Waals surface area contributed by atoms with Gasteiger partial charge in [0.2, 0.25) is 0 Å². The topological polar surface area (TPSA) is 107 Å². The molecule has 0 radical (unpaired) electrons. The molecular formula is C22H18Cl2N6O2. The zero-order valence-corrected chi connectivity index (χ0v) is 18.3. The first kappa shape index (κ1) is 20.5. The summed E-state index contributed by atoms with van der Waals surface area (Å²) in [5.74, 6) is -0.186. The molecule has 1 aromatic carbocycles. The first-order chi connectivity index (χ1) is 15.5. The van der Waals surface area contributed by atoms with Crippen molar-refractivity contribution < 1.29 is 9.90 Å². The van der Waals surface area contributed by atoms with Crippen molar-refractivity contribution >= 4 is 45.8 Å². The summed E-state index contributed by atoms with van der Waals surface area (Å²) >= 11 is 12.1. The summed E-state index contributed by atoms with van der Waals surface area (Å²) < 4.78 is 0. The molecule has 0 saturated carbocycles. The van der Waals surface area contributed by atoms with Gasteiger partial charge in [0.1, 0.15) is 11.3 Å². The zero-order chi connectivity index (χ0) is 22.2. The van der Waals surface area contributed by atoms with Crippen molar-refractivity contribution in [3.05, 3.63) is 75.3 Å². The van der Waals surface area contributed by atoms with Crippen LogP contribution in [0.1, 0.15) is 27.3 Å². The van der Waals surface area contributed by atoms with E-state index in [0.717, 1.165) is 23.2 Å². The second kappa shape index (κ2) is 8.29. The zero-order valence-electron chi connectivity index (χ0n) is 16.8. The molecule has 1 aliphatic heterocycles. The van der Waals surface area contributed by atoms with Crippen LogP contribution < -0.4 is 10.2 Å². The molecular weight excluding hydrogens is 451 g/mol. The Morgan fingerprint density at radius 1 is 1.25 bits per heavy atom. The summed E-state index contributed by atoms with van der Waals surface area (Å²) in [5.41, 5.74) is 3.15. The van der Waals surface area contributed by atoms with Crippen molar-refractivity contribution in [2.75, 3.05) is 11.4 Å². The van der Waals surface area contributed by atoms with E-state index in [1.54, 1.807) is 36.7 Å². The highest BCUT2D eigenvalue weighted by Crippen LogP contribution is 2.34. The van der Waals surface area contributed by atoms with Gasteiger partial charge < -0.3 is 15.3 Å². The van der Waals surface area contributed by atoms with E-state index >= 15 is 0 Å². The SMILES string of the molecule is O=C(NCc1cc(Cl)cc(Cl)c1)c1nc(N2CCc3[nH]ncc3C2)c2cccnc2c1O. The quantitative estimate of drug-likeness (QED) is 0.419. The third-order valence-corrected chi connectivity index (χ3v) is 5.84. The summed E-state index contributed by atoms with van der Waals surface area (Å²) in [6.45, 7) is 1.46. The number of hydrogen-bond acceptors (Lipinski definition) is 6. The number of fused-ring (bicyclic) bond motifs is 2. The van der Waals surface area contributed by atoms with E-state index in [-0.39, 0.29) is 18.0 Å². The van der Waals surface area contributed by atoms with E-state index in [9.17, 15) is 9.90 Å². The summed E-state index contributed by atoms with van der Waals surface area (Å²) in [6, 6.07) is 8.66. The van der Waals surface area contributed by atoms with Crippen molar-refractivity contribution in [2.24, 2.45) is 0 Å². The molecule has 8 nitrogen and oxygen atoms in total. The lowest BCUT2D eigenvalue weighted by Crippen LogP contribution is -2.32. The summed E-state index contributed by atoms with van der Waals surface area (Å²) in [4.78, 5) is 23.9. The minimum Gasteiger partial charge on any atom is -0.504 e. The molecule has 5 rings (SSSR count). The number of amides is 1. The summed E-state index contributed by atoms with van der Waals surface area (Å²) in [7, 11) is 0. The maximum Gasteiger partial charge on any atom is 0.274 e. The maximum absolute atomic E-state index is 13.0. The van der Waals surface area contributed by atoms with Gasteiger partial charge in [-0.15, -0.1) is 0 Å². The third kappa shape index (κ3) is 3.83. The van der Waals surface area contributed by atoms with Crippen LogP contribution in [0.5, 0.6) is 5.75 Å². The number of rotatable bonds is 4. The molecule has 0 saturated heterocycles. The van der Waals surface area contributed by atoms with Crippen LogP contribution in [0.25, 0.3) is 10.9 Å². The third-order valence-electron chi connectivity index (χ3n) is 5.41. The fourth-order valence-corrected chi connectivity index (χ4v) is 4.46. The van der Waals surface area contributed by atoms with E-state index in [2.05, 4.69) is 30.4 Å². The van der Waals surface area contributed by atoms with E-state index in [4.69, 9.17) is 23.2 Å². The number of hydrogen-bond donors (Lipinski definition) is 3. The first-order valence-corrected chi connectivity index (χ1v) is 10.7. The van der Waals surface area contributed by atoms with Crippen molar-refractivity contribution in [3.8, 4) is 5.75 Å². The van der Waals surface area contributed by atoms with Gasteiger partial charge in [-0.1, -0.05) is 23.2 Å². The molecule has 0 spiro atoms. The van der Waals surface area contributed by atoms with Crippen LogP contribution in [-0.4, -0.2) is 37.7 Å². The number of carbonyl (C=O) groups excluding carboxylic acids is 1. The Kier molecular flexibility index (Phi) is 5.32. The number of aromatic amines is 1. The molecule has 10 heteroatoms. The molecule has 3 N–H and O–H groups in total. The summed E-state index contributed by atoms with van der Waals surface area (Å²) in [5, 5.41) is 22.3. The average Bonchev–Trinajstić information content (AvgIpc) is 3.25. The number of nitrogens with zero attached hydrogens (tertiary/aromatic N) is 4. The normalized spacial score (nSPS) is 13.2. The number of aromatic nitrogens is 4. The molecule has 0 atom stereocenters. The smallest absolute Gasteiger partial charge is 0.274 e. The van der Waals surface area contributed by atoms with Gasteiger partial charge in [-0.2, -0.15) is 5.10 Å². The first-order valence-electron chi connectivity index (χ1n) is 9.96. The van der Waals surface area contributed by atoms with Crippen LogP contribution in [0, 0.1) is 0 Å². The predicted molar refractivity (Wildman–Crippen MR) is 122 cm³/mol. The minimum absolute atomic E-state index is 0.0858. The largest absolute Gasteiger partial charge is 0.504 e. The van der Waals surface area contributed by atoms with Gasteiger partial charge in [0.05, 0.1) is 6.20 Å². The number of carbonyl (C=O) groups is 1. The number of anilines is 1. The molecule has 32 heavy (non-hydrogen) atoms. The molecule has 0 fully saturated rings. The highest BCUT2D eigenvalue weighted by molar-refractivity contribution is 6.34. The predicted octanol–water partition coefficient (Wildman–Crippen LogP) is 3.86. The highest BCUT2D eigenvalue weighted by Gasteiger charge is 2.25. The molecule has 0 bridgehead atoms. The van der Waals surface area contributed by atoms with Crippen LogP contribution in [0.4, 0.5) is 5.82 Å². The number of nitrogens with one attached hydrogen (secondary N) is 2. The van der Waals surface area contributed by atoms with Gasteiger partial charge in [0.25, 0.3) is 5.91 Å². The molecule has 4 aromatic rings. The van der Waals surface area contributed by atoms with Gasteiger partial charge in [0.15, 0.2) is 11.4 Å². The Morgan fingerprint density at radius 2 is 2.06 bits per heavy atom. The average molecular weight is 469 g/mol. The second-order valence-electron chi connectivity index (χ2n) is 7.54. The van der Waals surface area contributed by atoms with E-state index in [1.165, 1.54) is 0 Å². The lowest BCUT2D eigenvalue weighted by molar-refractivity contribution is 0.0943. The number of H-pyrrole nitrogens is 1. The molecule has 1 amide bonds. The van der Waals surface area contributed by atoms with Gasteiger partial charge in [0, 0.05) is 58.9 Å². The van der Waals surface area contributed by atoms with Crippen LogP contribution in [0.2, 0.25) is 10.0 Å². The summed E-state index contributed by atoms with van der Waals surface area (Å²) in [6.07, 6.45) is 4.15. The Hall–Kier alpha value is -3.36. The minimum atomic E-state index is -0.520. The number of pyridine rings is 2. The lowest BCUT2D eigenvalue weighted by Gasteiger charge is -2.29. The standard InChI is InChI=1S/C22H18Cl2N6O2/c23-14-6-12(7-15(24)8-14)9-26-22(32)19-20(31)18-16(2-1-4-25-18)21(28-19)30-5-3-17-13(11-30)10-27-29-17/h1-2,4,6-8,10,31H,3,5,9,11H2,(H,26,32)(H,27,29). The van der Waals surface area contributed by atoms with Crippen molar-refractivity contribution in [3.63, 3.8) is 0 Å². The van der Waals surface area contributed by atoms with Gasteiger partial charge in [-0.05, 0) is 35.9 Å². The highest BCUT2D eigenvalue weighted by atomic mass is 35.5. The van der Waals surface area contributed by atoms with Gasteiger partial charge in [-0.25, -0.2) is 4.98 Å². The van der Waals surface area contributed by atoms with E-state index < -0.39 is 5.91 Å². The maximum atomic E-state index is 13.0. The van der Waals surface area contributed by atoms with Crippen molar-refractivity contribution in [1.29, 1.82) is 0 Å². The monoisotopic (exact) mass is 468 g/mol. The number of halogens is 2. The molecule has 0 unspecified atom stereocenters. The van der Waals surface area contributed by atoms with Crippen LogP contribution in [0.3, 0.4) is 0 Å². The molecule has 4 heterocycles. The Bertz CT molecular complexity index is 1320. The van der Waals surface area contributed by atoms with Crippen LogP contribution in [-0.2, 0) is 19.5 Å². The van der Waals surface area contributed by atoms with E-state index in [0.29, 0.717) is 39.9 Å². The molecule has 3 aromatic heterocycles.